The van der Waals surface area contributed by atoms with Crippen LogP contribution < -0.4 is 0 Å². The molecule has 86 valence electrons. The number of unbranched alkanes of at least 4 members (excludes halogenated alkanes) is 4. The Morgan fingerprint density at radius 3 is 2.62 bits per heavy atom. The van der Waals surface area contributed by atoms with E-state index in [0.29, 0.717) is 0 Å². The fourth-order valence-electron chi connectivity index (χ4n) is 1.36. The van der Waals surface area contributed by atoms with Gasteiger partial charge in [-0.1, -0.05) is 32.6 Å². The first-order valence-corrected chi connectivity index (χ1v) is 13.7. The third kappa shape index (κ3) is 9.87. The first-order chi connectivity index (χ1) is 7.93. The topological polar surface area (TPSA) is 0 Å². The molecule has 16 heavy (non-hydrogen) atoms. The maximum absolute atomic E-state index is 3.10. The number of hydrogen-bond acceptors (Lipinski definition) is 1. The molecule has 1 aromatic carbocycles. The van der Waals surface area contributed by atoms with Crippen LogP contribution in [0, 0.1) is 6.07 Å². The van der Waals surface area contributed by atoms with Gasteiger partial charge in [-0.05, 0) is 12.2 Å². The van der Waals surface area contributed by atoms with Gasteiger partial charge >= 0.3 is 30.0 Å². The van der Waals surface area contributed by atoms with Crippen LogP contribution in [0.4, 0.5) is 0 Å². The van der Waals surface area contributed by atoms with Crippen molar-refractivity contribution in [2.24, 2.45) is 0 Å². The van der Waals surface area contributed by atoms with Crippen molar-refractivity contribution in [2.45, 2.75) is 43.9 Å². The van der Waals surface area contributed by atoms with Crippen molar-refractivity contribution in [3.8, 4) is 0 Å². The van der Waals surface area contributed by atoms with Crippen molar-refractivity contribution in [3.63, 3.8) is 0 Å². The summed E-state index contributed by atoms with van der Waals surface area (Å²) in [7, 11) is 0. The van der Waals surface area contributed by atoms with Crippen molar-refractivity contribution < 1.29 is 16.3 Å². The van der Waals surface area contributed by atoms with Gasteiger partial charge in [-0.3, -0.25) is 0 Å². The molecule has 1 aromatic rings. The number of hydrogen-bond donors (Lipinski definition) is 0. The predicted molar refractivity (Wildman–Crippen MR) is 73.7 cm³/mol. The van der Waals surface area contributed by atoms with Crippen LogP contribution in [0.25, 0.3) is 0 Å². The van der Waals surface area contributed by atoms with Crippen LogP contribution in [0.3, 0.4) is 0 Å². The number of rotatable bonds is 7. The zero-order valence-electron chi connectivity index (χ0n) is 10.0. The van der Waals surface area contributed by atoms with Crippen LogP contribution in [0.1, 0.15) is 39.0 Å². The summed E-state index contributed by atoms with van der Waals surface area (Å²) < 4.78 is 0. The molecule has 3 heteroatoms. The fraction of sp³-hybridized carbons (Fsp3) is 0.538. The SMILES string of the molecule is CCCCCCCSc1c[c-]ccc1.[Zn+][Br]. The van der Waals surface area contributed by atoms with E-state index >= 15 is 0 Å². The molecule has 0 N–H and O–H groups in total. The van der Waals surface area contributed by atoms with Crippen LogP contribution in [0.15, 0.2) is 29.2 Å². The van der Waals surface area contributed by atoms with Crippen molar-refractivity contribution in [2.75, 3.05) is 5.75 Å². The van der Waals surface area contributed by atoms with E-state index in [1.54, 1.807) is 0 Å². The van der Waals surface area contributed by atoms with Gasteiger partial charge in [0, 0.05) is 0 Å². The Balaban J connectivity index is 0.00000106. The zero-order chi connectivity index (χ0) is 12.1. The first-order valence-electron chi connectivity index (χ1n) is 5.79. The van der Waals surface area contributed by atoms with Crippen LogP contribution >= 0.6 is 25.4 Å². The maximum atomic E-state index is 3.10. The normalized spacial score (nSPS) is 9.50. The van der Waals surface area contributed by atoms with Crippen LogP contribution in [0.5, 0.6) is 0 Å². The molecule has 0 nitrogen and oxygen atoms in total. The molecule has 0 bridgehead atoms. The molecule has 0 aliphatic heterocycles. The molecule has 0 spiro atoms. The second kappa shape index (κ2) is 13.7. The summed E-state index contributed by atoms with van der Waals surface area (Å²) in [4.78, 5) is 1.35. The molecular weight excluding hydrogens is 334 g/mol. The average Bonchev–Trinajstić information content (AvgIpc) is 2.37. The summed E-state index contributed by atoms with van der Waals surface area (Å²) in [6.45, 7) is 2.26. The minimum absolute atomic E-state index is 1.19. The van der Waals surface area contributed by atoms with E-state index in [1.165, 1.54) is 59.1 Å². The Morgan fingerprint density at radius 2 is 2.00 bits per heavy atom. The molecule has 0 saturated carbocycles. The third-order valence-electron chi connectivity index (χ3n) is 2.20. The summed E-state index contributed by atoms with van der Waals surface area (Å²) in [5.74, 6) is 1.25. The van der Waals surface area contributed by atoms with E-state index in [9.17, 15) is 0 Å². The molecule has 0 radical (unpaired) electrons. The van der Waals surface area contributed by atoms with Crippen LogP contribution in [0.2, 0.25) is 0 Å². The number of halogens is 1. The van der Waals surface area contributed by atoms with E-state index in [0.717, 1.165) is 0 Å². The second-order valence-electron chi connectivity index (χ2n) is 3.50. The first kappa shape index (κ1) is 16.7. The molecule has 0 aliphatic carbocycles. The average molecular weight is 353 g/mol. The van der Waals surface area contributed by atoms with Crippen LogP contribution in [-0.2, 0) is 16.3 Å². The summed E-state index contributed by atoms with van der Waals surface area (Å²) >= 11 is 6.20. The van der Waals surface area contributed by atoms with E-state index < -0.39 is 0 Å². The Hall–Kier alpha value is 0.673. The van der Waals surface area contributed by atoms with Gasteiger partial charge in [0.25, 0.3) is 0 Å². The molecule has 1 rings (SSSR count). The molecule has 0 atom stereocenters. The molecule has 0 amide bonds. The summed E-state index contributed by atoms with van der Waals surface area (Å²) in [5.41, 5.74) is 0. The van der Waals surface area contributed by atoms with E-state index in [4.69, 9.17) is 0 Å². The standard InChI is InChI=1S/C13H19S.BrH.Zn/c1-2-3-4-5-9-12-14-13-10-7-6-8-11-13;;/h6-7,10-11H,2-5,9,12H2,1H3;1H;/q-1;;+2/p-1. The van der Waals surface area contributed by atoms with Gasteiger partial charge in [0.05, 0.1) is 0 Å². The van der Waals surface area contributed by atoms with Gasteiger partial charge in [0.15, 0.2) is 0 Å². The Bertz CT molecular complexity index is 229. The monoisotopic (exact) mass is 350 g/mol. The Labute approximate surface area is 121 Å². The summed E-state index contributed by atoms with van der Waals surface area (Å²) in [6, 6.07) is 11.3. The van der Waals surface area contributed by atoms with E-state index in [2.05, 4.69) is 44.8 Å². The van der Waals surface area contributed by atoms with Gasteiger partial charge in [-0.15, -0.1) is 4.90 Å². The summed E-state index contributed by atoms with van der Waals surface area (Å²) in [5, 5.41) is 0. The van der Waals surface area contributed by atoms with Crippen molar-refractivity contribution in [1.82, 2.24) is 0 Å². The van der Waals surface area contributed by atoms with Gasteiger partial charge < -0.3 is 0 Å². The quantitative estimate of drug-likeness (QED) is 0.274. The molecule has 0 unspecified atom stereocenters. The minimum atomic E-state index is 1.19. The van der Waals surface area contributed by atoms with Gasteiger partial charge in [0.2, 0.25) is 0 Å². The van der Waals surface area contributed by atoms with E-state index in [1.807, 2.05) is 17.8 Å². The fourth-order valence-corrected chi connectivity index (χ4v) is 2.27. The summed E-state index contributed by atoms with van der Waals surface area (Å²) in [6.07, 6.45) is 6.86. The molecule has 0 aromatic heterocycles. The molecule has 0 saturated heterocycles. The van der Waals surface area contributed by atoms with Gasteiger partial charge in [0.1, 0.15) is 0 Å². The van der Waals surface area contributed by atoms with Crippen molar-refractivity contribution in [1.29, 1.82) is 0 Å². The third-order valence-corrected chi connectivity index (χ3v) is 3.28. The van der Waals surface area contributed by atoms with Crippen molar-refractivity contribution >= 4 is 25.4 Å². The Morgan fingerprint density at radius 1 is 1.25 bits per heavy atom. The van der Waals surface area contributed by atoms with Gasteiger partial charge in [-0.25, -0.2) is 0 Å². The molecular formula is C13H19BrSZn. The van der Waals surface area contributed by atoms with E-state index in [-0.39, 0.29) is 0 Å². The number of thioether (sulfide) groups is 1. The predicted octanol–water partition coefficient (Wildman–Crippen LogP) is 5.39. The Kier molecular flexibility index (Phi) is 14.3. The van der Waals surface area contributed by atoms with Crippen molar-refractivity contribution in [3.05, 3.63) is 30.3 Å². The number of benzene rings is 1. The van der Waals surface area contributed by atoms with Crippen LogP contribution in [-0.4, -0.2) is 5.75 Å². The zero-order valence-corrected chi connectivity index (χ0v) is 15.4. The molecule has 0 aliphatic rings. The second-order valence-corrected chi connectivity index (χ2v) is 4.67. The van der Waals surface area contributed by atoms with Gasteiger partial charge in [-0.2, -0.15) is 42.1 Å². The molecule has 0 heterocycles. The molecule has 0 fully saturated rings.